The average Bonchev–Trinajstić information content (AvgIpc) is 2.64. The molecule has 28 heavy (non-hydrogen) atoms. The lowest BCUT2D eigenvalue weighted by atomic mass is 9.79. The molecule has 1 N–H and O–H groups in total. The van der Waals surface area contributed by atoms with Gasteiger partial charge < -0.3 is 15.0 Å². The summed E-state index contributed by atoms with van der Waals surface area (Å²) >= 11 is 0. The van der Waals surface area contributed by atoms with Crippen LogP contribution in [0.5, 0.6) is 5.75 Å². The van der Waals surface area contributed by atoms with Gasteiger partial charge in [0.05, 0.1) is 12.3 Å². The van der Waals surface area contributed by atoms with Crippen molar-refractivity contribution in [2.75, 3.05) is 25.0 Å². The predicted octanol–water partition coefficient (Wildman–Crippen LogP) is 4.45. The van der Waals surface area contributed by atoms with Crippen molar-refractivity contribution in [1.29, 1.82) is 0 Å². The number of carbonyl (C=O) groups is 1. The van der Waals surface area contributed by atoms with Crippen molar-refractivity contribution in [3.63, 3.8) is 0 Å². The van der Waals surface area contributed by atoms with Gasteiger partial charge in [0.15, 0.2) is 0 Å². The topological polar surface area (TPSA) is 41.6 Å². The lowest BCUT2D eigenvalue weighted by Gasteiger charge is -2.44. The first-order chi connectivity index (χ1) is 13.4. The van der Waals surface area contributed by atoms with Crippen LogP contribution in [0.2, 0.25) is 0 Å². The Balaban J connectivity index is 1.43. The van der Waals surface area contributed by atoms with Gasteiger partial charge in [0.2, 0.25) is 11.8 Å². The van der Waals surface area contributed by atoms with Crippen LogP contribution in [0.15, 0.2) is 18.2 Å². The fourth-order valence-electron chi connectivity index (χ4n) is 4.91. The molecule has 0 bridgehead atoms. The summed E-state index contributed by atoms with van der Waals surface area (Å²) in [4.78, 5) is 14.8. The van der Waals surface area contributed by atoms with Gasteiger partial charge in [-0.3, -0.25) is 4.79 Å². The molecule has 7 heteroatoms. The molecule has 1 aromatic rings. The van der Waals surface area contributed by atoms with E-state index < -0.39 is 11.7 Å². The van der Waals surface area contributed by atoms with Crippen molar-refractivity contribution in [2.24, 2.45) is 11.8 Å². The molecule has 2 aliphatic heterocycles. The zero-order valence-electron chi connectivity index (χ0n) is 15.9. The van der Waals surface area contributed by atoms with Gasteiger partial charge in [-0.1, -0.05) is 0 Å². The van der Waals surface area contributed by atoms with Crippen molar-refractivity contribution < 1.29 is 22.7 Å². The quantitative estimate of drug-likeness (QED) is 0.762. The minimum Gasteiger partial charge on any atom is -0.491 e. The number of rotatable bonds is 1. The highest BCUT2D eigenvalue weighted by atomic mass is 19.3. The Kier molecular flexibility index (Phi) is 5.54. The van der Waals surface area contributed by atoms with Crippen LogP contribution in [0.1, 0.15) is 44.9 Å². The molecule has 1 saturated carbocycles. The minimum atomic E-state index is -2.51. The lowest BCUT2D eigenvalue weighted by molar-refractivity contribution is -0.118. The van der Waals surface area contributed by atoms with Crippen LogP contribution in [0.3, 0.4) is 0 Å². The summed E-state index contributed by atoms with van der Waals surface area (Å²) in [5, 5.41) is 2.79. The first kappa shape index (κ1) is 19.6. The van der Waals surface area contributed by atoms with E-state index in [4.69, 9.17) is 4.74 Å². The molecule has 2 atom stereocenters. The van der Waals surface area contributed by atoms with Crippen molar-refractivity contribution >= 4 is 11.6 Å². The average molecular weight is 396 g/mol. The maximum absolute atomic E-state index is 13.5. The van der Waals surface area contributed by atoms with Crippen LogP contribution in [0, 0.1) is 17.7 Å². The molecule has 154 valence electrons. The number of benzene rings is 1. The second-order valence-electron chi connectivity index (χ2n) is 8.42. The van der Waals surface area contributed by atoms with E-state index in [9.17, 15) is 18.0 Å². The minimum absolute atomic E-state index is 0.0267. The number of likely N-dealkylation sites (tertiary alicyclic amines) is 1. The third-order valence-electron chi connectivity index (χ3n) is 6.54. The van der Waals surface area contributed by atoms with Crippen LogP contribution in [0.25, 0.3) is 0 Å². The van der Waals surface area contributed by atoms with E-state index in [0.29, 0.717) is 43.2 Å². The number of hydrogen-bond acceptors (Lipinski definition) is 3. The molecule has 1 saturated heterocycles. The number of ether oxygens (including phenoxy) is 1. The number of halogens is 3. The molecule has 1 aromatic carbocycles. The summed E-state index contributed by atoms with van der Waals surface area (Å²) < 4.78 is 46.3. The highest BCUT2D eigenvalue weighted by Gasteiger charge is 2.40. The van der Waals surface area contributed by atoms with Gasteiger partial charge in [-0.25, -0.2) is 13.2 Å². The normalized spacial score (nSPS) is 29.2. The molecular formula is C21H27F3N2O2. The zero-order valence-corrected chi connectivity index (χ0v) is 15.9. The van der Waals surface area contributed by atoms with E-state index >= 15 is 0 Å². The number of anilines is 1. The summed E-state index contributed by atoms with van der Waals surface area (Å²) in [6, 6.07) is 4.36. The molecule has 3 aliphatic rings. The van der Waals surface area contributed by atoms with E-state index in [1.54, 1.807) is 6.07 Å². The Hall–Kier alpha value is -1.76. The highest BCUT2D eigenvalue weighted by Crippen LogP contribution is 2.39. The predicted molar refractivity (Wildman–Crippen MR) is 100 cm³/mol. The second-order valence-corrected chi connectivity index (χ2v) is 8.42. The van der Waals surface area contributed by atoms with Gasteiger partial charge in [0.1, 0.15) is 11.6 Å². The smallest absolute Gasteiger partial charge is 0.248 e. The van der Waals surface area contributed by atoms with Crippen LogP contribution in [-0.2, 0) is 4.79 Å². The lowest BCUT2D eigenvalue weighted by Crippen LogP contribution is -2.49. The first-order valence-corrected chi connectivity index (χ1v) is 10.2. The standard InChI is InChI=1S/C21H27F3N2O2/c22-16-1-2-19-18(12-16)25-20(27)11-14-5-9-26(13-15(14)6-10-28-19)17-3-7-21(23,24)8-4-17/h1-2,12,14-15,17H,3-11,13H2,(H,25,27)/t14-,15-/m0/s1. The monoisotopic (exact) mass is 396 g/mol. The summed E-state index contributed by atoms with van der Waals surface area (Å²) in [7, 11) is 0. The van der Waals surface area contributed by atoms with E-state index in [0.717, 1.165) is 25.9 Å². The third kappa shape index (κ3) is 4.45. The van der Waals surface area contributed by atoms with Gasteiger partial charge in [0.25, 0.3) is 0 Å². The van der Waals surface area contributed by atoms with E-state index in [-0.39, 0.29) is 30.7 Å². The number of nitrogens with one attached hydrogen (secondary N) is 1. The molecule has 4 rings (SSSR count). The number of amides is 1. The van der Waals surface area contributed by atoms with E-state index in [1.807, 2.05) is 0 Å². The van der Waals surface area contributed by atoms with E-state index in [1.165, 1.54) is 12.1 Å². The molecule has 0 radical (unpaired) electrons. The van der Waals surface area contributed by atoms with Gasteiger partial charge in [-0.15, -0.1) is 0 Å². The molecule has 2 heterocycles. The van der Waals surface area contributed by atoms with Crippen LogP contribution >= 0.6 is 0 Å². The van der Waals surface area contributed by atoms with Gasteiger partial charge in [0, 0.05) is 37.9 Å². The van der Waals surface area contributed by atoms with Crippen LogP contribution in [-0.4, -0.2) is 42.5 Å². The Bertz CT molecular complexity index is 718. The molecule has 4 nitrogen and oxygen atoms in total. The summed E-state index contributed by atoms with van der Waals surface area (Å²) in [6.07, 6.45) is 3.11. The maximum atomic E-state index is 13.5. The third-order valence-corrected chi connectivity index (χ3v) is 6.54. The second kappa shape index (κ2) is 7.93. The Labute approximate surface area is 163 Å². The number of alkyl halides is 2. The summed E-state index contributed by atoms with van der Waals surface area (Å²) in [5.74, 6) is -2.04. The Morgan fingerprint density at radius 3 is 2.68 bits per heavy atom. The maximum Gasteiger partial charge on any atom is 0.248 e. The van der Waals surface area contributed by atoms with E-state index in [2.05, 4.69) is 10.2 Å². The molecule has 1 aliphatic carbocycles. The fourth-order valence-corrected chi connectivity index (χ4v) is 4.91. The van der Waals surface area contributed by atoms with Crippen LogP contribution in [0.4, 0.5) is 18.9 Å². The van der Waals surface area contributed by atoms with Crippen molar-refractivity contribution in [3.05, 3.63) is 24.0 Å². The van der Waals surface area contributed by atoms with Gasteiger partial charge in [-0.05, 0) is 56.2 Å². The molecule has 0 spiro atoms. The molecule has 1 amide bonds. The Morgan fingerprint density at radius 1 is 1.11 bits per heavy atom. The van der Waals surface area contributed by atoms with Gasteiger partial charge >= 0.3 is 0 Å². The van der Waals surface area contributed by atoms with Crippen molar-refractivity contribution in [2.45, 2.75) is 56.9 Å². The van der Waals surface area contributed by atoms with Crippen molar-refractivity contribution in [1.82, 2.24) is 4.90 Å². The number of carbonyl (C=O) groups excluding carboxylic acids is 1. The fraction of sp³-hybridized carbons (Fsp3) is 0.667. The largest absolute Gasteiger partial charge is 0.491 e. The summed E-state index contributed by atoms with van der Waals surface area (Å²) in [6.45, 7) is 2.16. The highest BCUT2D eigenvalue weighted by molar-refractivity contribution is 5.92. The number of fused-ring (bicyclic) bond motifs is 2. The number of piperidine rings is 1. The zero-order chi connectivity index (χ0) is 19.7. The van der Waals surface area contributed by atoms with Gasteiger partial charge in [-0.2, -0.15) is 0 Å². The number of hydrogen-bond donors (Lipinski definition) is 1. The molecule has 2 fully saturated rings. The van der Waals surface area contributed by atoms with Crippen LogP contribution < -0.4 is 10.1 Å². The van der Waals surface area contributed by atoms with Crippen molar-refractivity contribution in [3.8, 4) is 5.75 Å². The number of nitrogens with zero attached hydrogens (tertiary/aromatic N) is 1. The summed E-state index contributed by atoms with van der Waals surface area (Å²) in [5.41, 5.74) is 0.379. The molecule has 0 unspecified atom stereocenters. The molecule has 0 aromatic heterocycles. The Morgan fingerprint density at radius 2 is 1.89 bits per heavy atom. The SMILES string of the molecule is O=C1C[C@@H]2CCN(C3CCC(F)(F)CC3)C[C@@H]2CCOc2ccc(F)cc2N1. The first-order valence-electron chi connectivity index (χ1n) is 10.2. The molecular weight excluding hydrogens is 369 g/mol.